The summed E-state index contributed by atoms with van der Waals surface area (Å²) in [5.74, 6) is 0.0582. The Morgan fingerprint density at radius 2 is 1.42 bits per heavy atom. The summed E-state index contributed by atoms with van der Waals surface area (Å²) in [4.78, 5) is 13.1. The number of hydrogen-bond donors (Lipinski definition) is 2. The summed E-state index contributed by atoms with van der Waals surface area (Å²) >= 11 is 0. The Bertz CT molecular complexity index is 602. The zero-order chi connectivity index (χ0) is 18.1. The molecule has 0 saturated carbocycles. The molecule has 0 radical (unpaired) electrons. The van der Waals surface area contributed by atoms with Crippen LogP contribution in [0.3, 0.4) is 0 Å². The SMILES string of the molecule is CCC(CC)[NH2+]CCC(C(=O)NC)(c1ccccc1)c1ccccc1.[Br-]. The maximum atomic E-state index is 13.1. The van der Waals surface area contributed by atoms with E-state index >= 15 is 0 Å². The second-order valence-corrected chi connectivity index (χ2v) is 6.57. The lowest BCUT2D eigenvalue weighted by molar-refractivity contribution is -0.690. The largest absolute Gasteiger partial charge is 1.00 e. The van der Waals surface area contributed by atoms with Gasteiger partial charge in [-0.15, -0.1) is 0 Å². The first-order valence-electron chi connectivity index (χ1n) is 9.35. The first kappa shape index (κ1) is 22.4. The number of nitrogens with one attached hydrogen (secondary N) is 1. The molecule has 0 saturated heterocycles. The van der Waals surface area contributed by atoms with Gasteiger partial charge < -0.3 is 27.6 Å². The number of hydrogen-bond acceptors (Lipinski definition) is 1. The molecule has 0 aliphatic rings. The molecular formula is C22H31BrN2O. The maximum Gasteiger partial charge on any atom is 0.235 e. The maximum absolute atomic E-state index is 13.1. The van der Waals surface area contributed by atoms with Crippen LogP contribution in [0.15, 0.2) is 60.7 Å². The van der Waals surface area contributed by atoms with Crippen LogP contribution >= 0.6 is 0 Å². The van der Waals surface area contributed by atoms with E-state index < -0.39 is 5.41 Å². The molecule has 0 unspecified atom stereocenters. The number of carbonyl (C=O) groups is 1. The summed E-state index contributed by atoms with van der Waals surface area (Å²) in [6, 6.07) is 21.0. The van der Waals surface area contributed by atoms with Crippen molar-refractivity contribution >= 4 is 5.91 Å². The number of halogens is 1. The van der Waals surface area contributed by atoms with E-state index in [4.69, 9.17) is 0 Å². The fourth-order valence-corrected chi connectivity index (χ4v) is 3.65. The van der Waals surface area contributed by atoms with E-state index in [0.29, 0.717) is 6.04 Å². The van der Waals surface area contributed by atoms with E-state index in [-0.39, 0.29) is 22.9 Å². The van der Waals surface area contributed by atoms with Crippen molar-refractivity contribution < 1.29 is 27.1 Å². The summed E-state index contributed by atoms with van der Waals surface area (Å²) in [6.45, 7) is 5.37. The number of amides is 1. The Labute approximate surface area is 168 Å². The van der Waals surface area contributed by atoms with E-state index in [9.17, 15) is 4.79 Å². The van der Waals surface area contributed by atoms with Crippen molar-refractivity contribution in [3.8, 4) is 0 Å². The van der Waals surface area contributed by atoms with Gasteiger partial charge in [-0.1, -0.05) is 74.5 Å². The molecule has 0 aliphatic heterocycles. The smallest absolute Gasteiger partial charge is 0.235 e. The fraction of sp³-hybridized carbons (Fsp3) is 0.409. The van der Waals surface area contributed by atoms with E-state index in [0.717, 1.165) is 36.9 Å². The van der Waals surface area contributed by atoms with E-state index in [1.165, 1.54) is 0 Å². The number of quaternary nitrogens is 1. The average molecular weight is 419 g/mol. The monoisotopic (exact) mass is 418 g/mol. The Hall–Kier alpha value is -1.65. The standard InChI is InChI=1S/C22H30N2O.BrH/c1-4-20(5-2)24-17-16-22(21(25)23-3,18-12-8-6-9-13-18)19-14-10-7-11-15-19;/h6-15,20,24H,4-5,16-17H2,1-3H3,(H,23,25);1H. The molecule has 3 nitrogen and oxygen atoms in total. The molecule has 0 heterocycles. The van der Waals surface area contributed by atoms with Gasteiger partial charge in [-0.2, -0.15) is 0 Å². The third kappa shape index (κ3) is 4.95. The number of carbonyl (C=O) groups excluding carboxylic acids is 1. The van der Waals surface area contributed by atoms with Gasteiger partial charge in [0, 0.05) is 13.5 Å². The molecule has 1 amide bonds. The highest BCUT2D eigenvalue weighted by Gasteiger charge is 2.41. The van der Waals surface area contributed by atoms with Gasteiger partial charge in [0.15, 0.2) is 0 Å². The zero-order valence-electron chi connectivity index (χ0n) is 16.0. The lowest BCUT2D eigenvalue weighted by Crippen LogP contribution is -3.00. The van der Waals surface area contributed by atoms with Gasteiger partial charge in [0.2, 0.25) is 5.91 Å². The second-order valence-electron chi connectivity index (χ2n) is 6.57. The van der Waals surface area contributed by atoms with Crippen LogP contribution in [0.1, 0.15) is 44.2 Å². The number of nitrogens with two attached hydrogens (primary N) is 1. The molecule has 4 heteroatoms. The number of rotatable bonds is 9. The summed E-state index contributed by atoms with van der Waals surface area (Å²) < 4.78 is 0. The zero-order valence-corrected chi connectivity index (χ0v) is 17.6. The quantitative estimate of drug-likeness (QED) is 0.585. The molecule has 0 aromatic heterocycles. The molecule has 26 heavy (non-hydrogen) atoms. The van der Waals surface area contributed by atoms with Crippen molar-refractivity contribution in [1.29, 1.82) is 0 Å². The van der Waals surface area contributed by atoms with Gasteiger partial charge in [0.1, 0.15) is 5.41 Å². The Kier molecular flexibility index (Phi) is 9.60. The third-order valence-electron chi connectivity index (χ3n) is 5.22. The van der Waals surface area contributed by atoms with Crippen LogP contribution < -0.4 is 27.6 Å². The van der Waals surface area contributed by atoms with Crippen LogP contribution in [0.4, 0.5) is 0 Å². The van der Waals surface area contributed by atoms with Crippen molar-refractivity contribution in [3.63, 3.8) is 0 Å². The first-order valence-corrected chi connectivity index (χ1v) is 9.35. The minimum absolute atomic E-state index is 0. The molecule has 0 atom stereocenters. The molecule has 2 aromatic rings. The molecular weight excluding hydrogens is 388 g/mol. The number of benzene rings is 2. The number of likely N-dealkylation sites (N-methyl/N-ethyl adjacent to an activating group) is 1. The molecule has 142 valence electrons. The Morgan fingerprint density at radius 1 is 0.962 bits per heavy atom. The topological polar surface area (TPSA) is 45.7 Å². The summed E-state index contributed by atoms with van der Waals surface area (Å²) in [5, 5.41) is 5.31. The summed E-state index contributed by atoms with van der Waals surface area (Å²) in [6.07, 6.45) is 3.08. The van der Waals surface area contributed by atoms with E-state index in [2.05, 4.69) is 48.7 Å². The van der Waals surface area contributed by atoms with Crippen molar-refractivity contribution in [3.05, 3.63) is 71.8 Å². The highest BCUT2D eigenvalue weighted by molar-refractivity contribution is 5.91. The lowest BCUT2D eigenvalue weighted by atomic mass is 9.71. The van der Waals surface area contributed by atoms with Crippen LogP contribution in [0, 0.1) is 0 Å². The first-order chi connectivity index (χ1) is 12.2. The molecule has 3 N–H and O–H groups in total. The minimum atomic E-state index is -0.653. The lowest BCUT2D eigenvalue weighted by Gasteiger charge is -2.33. The van der Waals surface area contributed by atoms with Crippen molar-refractivity contribution in [1.82, 2.24) is 5.32 Å². The van der Waals surface area contributed by atoms with E-state index in [1.807, 2.05) is 36.4 Å². The molecule has 2 rings (SSSR count). The molecule has 2 aromatic carbocycles. The molecule has 0 aliphatic carbocycles. The van der Waals surface area contributed by atoms with Gasteiger partial charge in [-0.25, -0.2) is 0 Å². The van der Waals surface area contributed by atoms with Crippen LogP contribution in [-0.4, -0.2) is 25.5 Å². The van der Waals surface area contributed by atoms with Crippen LogP contribution in [0.2, 0.25) is 0 Å². The highest BCUT2D eigenvalue weighted by atomic mass is 79.9. The van der Waals surface area contributed by atoms with Gasteiger partial charge >= 0.3 is 0 Å². The highest BCUT2D eigenvalue weighted by Crippen LogP contribution is 2.35. The predicted molar refractivity (Wildman–Crippen MR) is 104 cm³/mol. The predicted octanol–water partition coefficient (Wildman–Crippen LogP) is -0.135. The van der Waals surface area contributed by atoms with Gasteiger partial charge in [0.05, 0.1) is 12.6 Å². The summed E-state index contributed by atoms with van der Waals surface area (Å²) in [5.41, 5.74) is 1.46. The van der Waals surface area contributed by atoms with E-state index in [1.54, 1.807) is 7.05 Å². The Balaban J connectivity index is 0.00000338. The van der Waals surface area contributed by atoms with Crippen molar-refractivity contribution in [2.45, 2.75) is 44.6 Å². The van der Waals surface area contributed by atoms with Gasteiger partial charge in [0.25, 0.3) is 0 Å². The second kappa shape index (κ2) is 11.1. The minimum Gasteiger partial charge on any atom is -1.00 e. The Morgan fingerprint density at radius 3 is 1.81 bits per heavy atom. The van der Waals surface area contributed by atoms with Crippen molar-refractivity contribution in [2.24, 2.45) is 0 Å². The normalized spacial score (nSPS) is 11.1. The average Bonchev–Trinajstić information content (AvgIpc) is 2.69. The van der Waals surface area contributed by atoms with Crippen molar-refractivity contribution in [2.75, 3.05) is 13.6 Å². The summed E-state index contributed by atoms with van der Waals surface area (Å²) in [7, 11) is 1.73. The van der Waals surface area contributed by atoms with Crippen LogP contribution in [0.5, 0.6) is 0 Å². The fourth-order valence-electron chi connectivity index (χ4n) is 3.65. The third-order valence-corrected chi connectivity index (χ3v) is 5.22. The molecule has 0 spiro atoms. The van der Waals surface area contributed by atoms with Gasteiger partial charge in [-0.05, 0) is 24.0 Å². The van der Waals surface area contributed by atoms with Crippen LogP contribution in [0.25, 0.3) is 0 Å². The molecule has 0 bridgehead atoms. The molecule has 0 fully saturated rings. The van der Waals surface area contributed by atoms with Crippen LogP contribution in [-0.2, 0) is 10.2 Å². The van der Waals surface area contributed by atoms with Gasteiger partial charge in [-0.3, -0.25) is 4.79 Å².